The number of esters is 1. The summed E-state index contributed by atoms with van der Waals surface area (Å²) in [7, 11) is 0. The van der Waals surface area contributed by atoms with Crippen LogP contribution in [-0.4, -0.2) is 27.5 Å². The van der Waals surface area contributed by atoms with Crippen LogP contribution in [0.5, 0.6) is 0 Å². The summed E-state index contributed by atoms with van der Waals surface area (Å²) in [5, 5.41) is 5.68. The number of nitrogens with one attached hydrogen (secondary N) is 1. The van der Waals surface area contributed by atoms with Crippen molar-refractivity contribution in [2.24, 2.45) is 0 Å². The van der Waals surface area contributed by atoms with E-state index in [1.165, 1.54) is 11.3 Å². The first-order chi connectivity index (χ1) is 11.2. The van der Waals surface area contributed by atoms with Crippen molar-refractivity contribution >= 4 is 44.9 Å². The first-order valence-corrected chi connectivity index (χ1v) is 8.19. The predicted octanol–water partition coefficient (Wildman–Crippen LogP) is 3.53. The standard InChI is InChI=1S/C15H13ClN4O2S/c1-2-22-14(21)10-8-23-13-11(10)12(19-15(16)20-13)18-7-9-3-5-17-6-4-9/h3-6,8H,2,7H2,1H3,(H,18,19,20). The van der Waals surface area contributed by atoms with Crippen molar-refractivity contribution in [3.05, 3.63) is 46.3 Å². The van der Waals surface area contributed by atoms with Crippen molar-refractivity contribution < 1.29 is 9.53 Å². The summed E-state index contributed by atoms with van der Waals surface area (Å²) in [6.45, 7) is 2.61. The third-order valence-electron chi connectivity index (χ3n) is 3.11. The van der Waals surface area contributed by atoms with Gasteiger partial charge in [-0.3, -0.25) is 4.98 Å². The van der Waals surface area contributed by atoms with Gasteiger partial charge in [-0.25, -0.2) is 14.8 Å². The van der Waals surface area contributed by atoms with Gasteiger partial charge >= 0.3 is 5.97 Å². The molecule has 0 aromatic carbocycles. The molecule has 0 radical (unpaired) electrons. The van der Waals surface area contributed by atoms with Crippen LogP contribution in [0.3, 0.4) is 0 Å². The van der Waals surface area contributed by atoms with Gasteiger partial charge in [0.25, 0.3) is 0 Å². The second-order valence-corrected chi connectivity index (χ2v) is 5.80. The summed E-state index contributed by atoms with van der Waals surface area (Å²) in [6, 6.07) is 3.79. The Morgan fingerprint density at radius 1 is 1.35 bits per heavy atom. The second kappa shape index (κ2) is 6.89. The number of carbonyl (C=O) groups excluding carboxylic acids is 1. The Kier molecular flexibility index (Phi) is 4.68. The SMILES string of the molecule is CCOC(=O)c1csc2nc(Cl)nc(NCc3ccncc3)c12. The minimum atomic E-state index is -0.392. The van der Waals surface area contributed by atoms with Crippen LogP contribution < -0.4 is 5.32 Å². The largest absolute Gasteiger partial charge is 0.462 e. The van der Waals surface area contributed by atoms with Crippen LogP contribution in [0.4, 0.5) is 5.82 Å². The molecule has 1 N–H and O–H groups in total. The number of pyridine rings is 1. The Morgan fingerprint density at radius 3 is 2.87 bits per heavy atom. The van der Waals surface area contributed by atoms with Gasteiger partial charge in [0.15, 0.2) is 0 Å². The van der Waals surface area contributed by atoms with E-state index >= 15 is 0 Å². The molecular weight excluding hydrogens is 336 g/mol. The smallest absolute Gasteiger partial charge is 0.339 e. The fourth-order valence-corrected chi connectivity index (χ4v) is 3.22. The number of carbonyl (C=O) groups is 1. The summed E-state index contributed by atoms with van der Waals surface area (Å²) < 4.78 is 5.09. The summed E-state index contributed by atoms with van der Waals surface area (Å²) in [6.07, 6.45) is 3.43. The van der Waals surface area contributed by atoms with E-state index in [4.69, 9.17) is 16.3 Å². The number of anilines is 1. The molecule has 0 atom stereocenters. The highest BCUT2D eigenvalue weighted by Gasteiger charge is 2.19. The monoisotopic (exact) mass is 348 g/mol. The molecule has 23 heavy (non-hydrogen) atoms. The first kappa shape index (κ1) is 15.6. The number of aromatic nitrogens is 3. The number of hydrogen-bond donors (Lipinski definition) is 1. The zero-order chi connectivity index (χ0) is 16.2. The molecule has 8 heteroatoms. The average Bonchev–Trinajstić information content (AvgIpc) is 2.97. The molecule has 0 saturated carbocycles. The van der Waals surface area contributed by atoms with E-state index in [9.17, 15) is 4.79 Å². The molecule has 0 amide bonds. The molecule has 118 valence electrons. The number of halogens is 1. The third kappa shape index (κ3) is 3.40. The molecule has 0 saturated heterocycles. The van der Waals surface area contributed by atoms with E-state index in [2.05, 4.69) is 20.3 Å². The Morgan fingerprint density at radius 2 is 2.13 bits per heavy atom. The highest BCUT2D eigenvalue weighted by Crippen LogP contribution is 2.31. The number of fused-ring (bicyclic) bond motifs is 1. The number of hydrogen-bond acceptors (Lipinski definition) is 7. The van der Waals surface area contributed by atoms with Gasteiger partial charge in [-0.05, 0) is 36.2 Å². The molecule has 0 aliphatic heterocycles. The van der Waals surface area contributed by atoms with Crippen molar-refractivity contribution in [2.45, 2.75) is 13.5 Å². The zero-order valence-corrected chi connectivity index (χ0v) is 13.8. The molecule has 0 fully saturated rings. The third-order valence-corrected chi connectivity index (χ3v) is 4.15. The fourth-order valence-electron chi connectivity index (χ4n) is 2.09. The van der Waals surface area contributed by atoms with Crippen LogP contribution in [0.25, 0.3) is 10.2 Å². The lowest BCUT2D eigenvalue weighted by Crippen LogP contribution is -2.07. The van der Waals surface area contributed by atoms with Gasteiger partial charge < -0.3 is 10.1 Å². The van der Waals surface area contributed by atoms with Crippen molar-refractivity contribution in [1.82, 2.24) is 15.0 Å². The van der Waals surface area contributed by atoms with Gasteiger partial charge in [0, 0.05) is 24.3 Å². The summed E-state index contributed by atoms with van der Waals surface area (Å²) in [5.41, 5.74) is 1.48. The van der Waals surface area contributed by atoms with Crippen LogP contribution >= 0.6 is 22.9 Å². The molecule has 0 bridgehead atoms. The van der Waals surface area contributed by atoms with Crippen LogP contribution in [0.2, 0.25) is 5.28 Å². The lowest BCUT2D eigenvalue weighted by Gasteiger charge is -2.08. The van der Waals surface area contributed by atoms with E-state index in [1.54, 1.807) is 24.7 Å². The van der Waals surface area contributed by atoms with Crippen LogP contribution in [-0.2, 0) is 11.3 Å². The van der Waals surface area contributed by atoms with Gasteiger partial charge in [0.1, 0.15) is 10.6 Å². The maximum absolute atomic E-state index is 12.1. The summed E-state index contributed by atoms with van der Waals surface area (Å²) in [5.74, 6) is 0.123. The van der Waals surface area contributed by atoms with Gasteiger partial charge in [-0.15, -0.1) is 11.3 Å². The average molecular weight is 349 g/mol. The predicted molar refractivity (Wildman–Crippen MR) is 89.9 cm³/mol. The number of nitrogens with zero attached hydrogens (tertiary/aromatic N) is 3. The van der Waals surface area contributed by atoms with Gasteiger partial charge in [0.2, 0.25) is 5.28 Å². The molecule has 3 aromatic heterocycles. The molecular formula is C15H13ClN4O2S. The molecule has 0 aliphatic rings. The number of rotatable bonds is 5. The minimum absolute atomic E-state index is 0.131. The van der Waals surface area contributed by atoms with E-state index < -0.39 is 5.97 Å². The lowest BCUT2D eigenvalue weighted by atomic mass is 10.2. The molecule has 0 aliphatic carbocycles. The van der Waals surface area contributed by atoms with Gasteiger partial charge in [-0.2, -0.15) is 0 Å². The van der Waals surface area contributed by atoms with Crippen molar-refractivity contribution in [3.8, 4) is 0 Å². The van der Waals surface area contributed by atoms with Gasteiger partial charge in [-0.1, -0.05) is 0 Å². The highest BCUT2D eigenvalue weighted by molar-refractivity contribution is 7.17. The summed E-state index contributed by atoms with van der Waals surface area (Å²) >= 11 is 7.31. The minimum Gasteiger partial charge on any atom is -0.462 e. The van der Waals surface area contributed by atoms with Crippen molar-refractivity contribution in [2.75, 3.05) is 11.9 Å². The van der Waals surface area contributed by atoms with Crippen molar-refractivity contribution in [3.63, 3.8) is 0 Å². The van der Waals surface area contributed by atoms with E-state index in [-0.39, 0.29) is 5.28 Å². The number of ether oxygens (including phenoxy) is 1. The second-order valence-electron chi connectivity index (χ2n) is 4.60. The Hall–Kier alpha value is -2.25. The van der Waals surface area contributed by atoms with Crippen molar-refractivity contribution in [1.29, 1.82) is 0 Å². The maximum atomic E-state index is 12.1. The van der Waals surface area contributed by atoms with Crippen LogP contribution in [0.1, 0.15) is 22.8 Å². The van der Waals surface area contributed by atoms with Crippen LogP contribution in [0, 0.1) is 0 Å². The lowest BCUT2D eigenvalue weighted by molar-refractivity contribution is 0.0529. The van der Waals surface area contributed by atoms with E-state index in [0.29, 0.717) is 34.7 Å². The van der Waals surface area contributed by atoms with Gasteiger partial charge in [0.05, 0.1) is 17.6 Å². The molecule has 0 unspecified atom stereocenters. The molecule has 3 rings (SSSR count). The topological polar surface area (TPSA) is 77.0 Å². The first-order valence-electron chi connectivity index (χ1n) is 6.93. The molecule has 6 nitrogen and oxygen atoms in total. The Balaban J connectivity index is 1.97. The molecule has 0 spiro atoms. The summed E-state index contributed by atoms with van der Waals surface area (Å²) in [4.78, 5) is 25.1. The van der Waals surface area contributed by atoms with Crippen LogP contribution in [0.15, 0.2) is 29.9 Å². The fraction of sp³-hybridized carbons (Fsp3) is 0.200. The number of thiophene rings is 1. The highest BCUT2D eigenvalue weighted by atomic mass is 35.5. The van der Waals surface area contributed by atoms with E-state index in [1.807, 2.05) is 12.1 Å². The zero-order valence-electron chi connectivity index (χ0n) is 12.2. The maximum Gasteiger partial charge on any atom is 0.339 e. The molecule has 3 heterocycles. The normalized spacial score (nSPS) is 10.7. The Labute approximate surface area is 141 Å². The molecule has 3 aromatic rings. The Bertz CT molecular complexity index is 838. The quantitative estimate of drug-likeness (QED) is 0.561. The van der Waals surface area contributed by atoms with E-state index in [0.717, 1.165) is 5.56 Å².